The number of nitrogens with one attached hydrogen (secondary N) is 1. The van der Waals surface area contributed by atoms with Crippen LogP contribution in [0.5, 0.6) is 5.75 Å². The predicted octanol–water partition coefficient (Wildman–Crippen LogP) is 5.96. The fourth-order valence-corrected chi connectivity index (χ4v) is 5.74. The van der Waals surface area contributed by atoms with Gasteiger partial charge in [-0.1, -0.05) is 30.3 Å². The summed E-state index contributed by atoms with van der Waals surface area (Å²) in [6, 6.07) is 10.5. The van der Waals surface area contributed by atoms with Gasteiger partial charge in [0.2, 0.25) is 5.91 Å². The van der Waals surface area contributed by atoms with Crippen molar-refractivity contribution < 1.29 is 50.9 Å². The van der Waals surface area contributed by atoms with E-state index < -0.39 is 66.6 Å². The topological polar surface area (TPSA) is 107 Å². The third-order valence-corrected chi connectivity index (χ3v) is 7.96. The molecule has 3 heterocycles. The summed E-state index contributed by atoms with van der Waals surface area (Å²) < 4.78 is 78.2. The number of ether oxygens (including phenoxy) is 4. The van der Waals surface area contributed by atoms with Crippen molar-refractivity contribution in [2.24, 2.45) is 0 Å². The molecule has 0 radical (unpaired) electrons. The number of benzene rings is 2. The molecule has 2 aromatic carbocycles. The fraction of sp³-hybridized carbons (Fsp3) is 0.516. The second-order valence-electron chi connectivity index (χ2n) is 12.4. The molecule has 45 heavy (non-hydrogen) atoms. The van der Waals surface area contributed by atoms with Crippen molar-refractivity contribution in [3.63, 3.8) is 0 Å². The van der Waals surface area contributed by atoms with Crippen LogP contribution in [0.3, 0.4) is 0 Å². The van der Waals surface area contributed by atoms with Crippen LogP contribution in [0.4, 0.5) is 32.8 Å². The largest absolute Gasteiger partial charge is 0.487 e. The maximum atomic E-state index is 15.4. The summed E-state index contributed by atoms with van der Waals surface area (Å²) in [5.74, 6) is -1.46. The maximum absolute atomic E-state index is 15.4. The predicted molar refractivity (Wildman–Crippen MR) is 152 cm³/mol. The standard InChI is InChI=1S/C31H35F4N3O7/c1-29(2,3)45-27(40)36-22-14-24-20(13-21(22)32)23(38-16-25(31(33,34)35)42-18-26(38)39)15-30(44-24)9-11-37(12-10-30)28(41)43-17-19-7-5-4-6-8-19/h4-8,13-14,23,25H,9-12,15-18H2,1-3H3,(H,36,40). The van der Waals surface area contributed by atoms with Crippen molar-refractivity contribution in [2.45, 2.75) is 76.2 Å². The number of amides is 3. The van der Waals surface area contributed by atoms with Crippen LogP contribution in [0.15, 0.2) is 42.5 Å². The zero-order chi connectivity index (χ0) is 32.6. The molecule has 2 unspecified atom stereocenters. The minimum absolute atomic E-state index is 0.0570. The maximum Gasteiger partial charge on any atom is 0.416 e. The van der Waals surface area contributed by atoms with E-state index in [9.17, 15) is 27.6 Å². The highest BCUT2D eigenvalue weighted by molar-refractivity contribution is 5.85. The molecule has 2 saturated heterocycles. The Balaban J connectivity index is 1.39. The number of hydrogen-bond acceptors (Lipinski definition) is 7. The third-order valence-electron chi connectivity index (χ3n) is 7.96. The summed E-state index contributed by atoms with van der Waals surface area (Å²) in [5, 5.41) is 2.35. The molecule has 244 valence electrons. The van der Waals surface area contributed by atoms with Gasteiger partial charge in [0, 0.05) is 44.0 Å². The molecule has 14 heteroatoms. The molecule has 2 aromatic rings. The van der Waals surface area contributed by atoms with Gasteiger partial charge in [-0.15, -0.1) is 0 Å². The van der Waals surface area contributed by atoms with E-state index in [-0.39, 0.29) is 56.0 Å². The lowest BCUT2D eigenvalue weighted by molar-refractivity contribution is -0.238. The van der Waals surface area contributed by atoms with Crippen molar-refractivity contribution in [1.29, 1.82) is 0 Å². The zero-order valence-electron chi connectivity index (χ0n) is 25.1. The zero-order valence-corrected chi connectivity index (χ0v) is 25.1. The van der Waals surface area contributed by atoms with E-state index in [0.717, 1.165) is 16.5 Å². The smallest absolute Gasteiger partial charge is 0.416 e. The number of carbonyl (C=O) groups is 3. The highest BCUT2D eigenvalue weighted by Gasteiger charge is 2.51. The van der Waals surface area contributed by atoms with E-state index in [1.807, 2.05) is 30.3 Å². The average Bonchev–Trinajstić information content (AvgIpc) is 2.96. The molecule has 1 N–H and O–H groups in total. The molecule has 3 amide bonds. The number of nitrogens with zero attached hydrogens (tertiary/aromatic N) is 2. The van der Waals surface area contributed by atoms with Gasteiger partial charge >= 0.3 is 18.4 Å². The van der Waals surface area contributed by atoms with Gasteiger partial charge in [-0.2, -0.15) is 13.2 Å². The van der Waals surface area contributed by atoms with E-state index in [2.05, 4.69) is 5.32 Å². The number of morpholine rings is 1. The highest BCUT2D eigenvalue weighted by Crippen LogP contribution is 2.49. The number of rotatable bonds is 4. The van der Waals surface area contributed by atoms with Crippen LogP contribution in [0.1, 0.15) is 57.2 Å². The number of fused-ring (bicyclic) bond motifs is 1. The van der Waals surface area contributed by atoms with Crippen LogP contribution in [0.2, 0.25) is 0 Å². The molecule has 0 aliphatic carbocycles. The monoisotopic (exact) mass is 637 g/mol. The Morgan fingerprint density at radius 3 is 2.42 bits per heavy atom. The second-order valence-corrected chi connectivity index (χ2v) is 12.4. The van der Waals surface area contributed by atoms with Crippen molar-refractivity contribution in [3.05, 3.63) is 59.4 Å². The molecule has 3 aliphatic rings. The van der Waals surface area contributed by atoms with Crippen LogP contribution in [0, 0.1) is 5.82 Å². The van der Waals surface area contributed by atoms with E-state index >= 15 is 4.39 Å². The summed E-state index contributed by atoms with van der Waals surface area (Å²) in [6.45, 7) is 3.88. The van der Waals surface area contributed by atoms with Crippen LogP contribution >= 0.6 is 0 Å². The second kappa shape index (κ2) is 12.4. The number of alkyl halides is 3. The lowest BCUT2D eigenvalue weighted by Gasteiger charge is -2.50. The number of halogens is 4. The van der Waals surface area contributed by atoms with Crippen molar-refractivity contribution >= 4 is 23.8 Å². The molecule has 2 fully saturated rings. The Morgan fingerprint density at radius 1 is 1.09 bits per heavy atom. The summed E-state index contributed by atoms with van der Waals surface area (Å²) >= 11 is 0. The van der Waals surface area contributed by atoms with Crippen LogP contribution in [-0.2, 0) is 25.6 Å². The summed E-state index contributed by atoms with van der Waals surface area (Å²) in [7, 11) is 0. The summed E-state index contributed by atoms with van der Waals surface area (Å²) in [4.78, 5) is 40.8. The van der Waals surface area contributed by atoms with E-state index in [0.29, 0.717) is 0 Å². The minimum atomic E-state index is -4.72. The normalized spacial score (nSPS) is 21.5. The van der Waals surface area contributed by atoms with Gasteiger partial charge in [-0.25, -0.2) is 14.0 Å². The lowest BCUT2D eigenvalue weighted by atomic mass is 9.79. The van der Waals surface area contributed by atoms with Crippen molar-refractivity contribution in [1.82, 2.24) is 9.80 Å². The SMILES string of the molecule is CC(C)(C)OC(=O)Nc1cc2c(cc1F)C(N1CC(C(F)(F)F)OCC1=O)CC1(CCN(C(=O)OCc3ccccc3)CC1)O2. The minimum Gasteiger partial charge on any atom is -0.487 e. The molecule has 5 rings (SSSR count). The first-order chi connectivity index (χ1) is 21.1. The molecule has 10 nitrogen and oxygen atoms in total. The molecular formula is C31H35F4N3O7. The summed E-state index contributed by atoms with van der Waals surface area (Å²) in [6.07, 6.45) is -7.79. The highest BCUT2D eigenvalue weighted by atomic mass is 19.4. The molecule has 1 spiro atoms. The Morgan fingerprint density at radius 2 is 1.78 bits per heavy atom. The van der Waals surface area contributed by atoms with Gasteiger partial charge in [0.25, 0.3) is 0 Å². The van der Waals surface area contributed by atoms with Gasteiger partial charge in [0.05, 0.1) is 18.3 Å². The molecule has 0 saturated carbocycles. The summed E-state index contributed by atoms with van der Waals surface area (Å²) in [5.41, 5.74) is -1.15. The molecule has 0 aromatic heterocycles. The number of piperidine rings is 1. The average molecular weight is 638 g/mol. The molecule has 2 atom stereocenters. The Kier molecular flexibility index (Phi) is 8.89. The Hall–Kier alpha value is -4.07. The number of anilines is 1. The van der Waals surface area contributed by atoms with Gasteiger partial charge in [0.1, 0.15) is 36.0 Å². The Bertz CT molecular complexity index is 1420. The first kappa shape index (κ1) is 32.3. The number of likely N-dealkylation sites (tertiary alicyclic amines) is 1. The van der Waals surface area contributed by atoms with Gasteiger partial charge < -0.3 is 28.7 Å². The van der Waals surface area contributed by atoms with E-state index in [4.69, 9.17) is 18.9 Å². The number of hydrogen-bond donors (Lipinski definition) is 1. The van der Waals surface area contributed by atoms with E-state index in [1.54, 1.807) is 20.8 Å². The van der Waals surface area contributed by atoms with Crippen LogP contribution in [0.25, 0.3) is 0 Å². The van der Waals surface area contributed by atoms with E-state index in [1.165, 1.54) is 11.0 Å². The third kappa shape index (κ3) is 7.60. The molecule has 0 bridgehead atoms. The fourth-order valence-electron chi connectivity index (χ4n) is 5.74. The van der Waals surface area contributed by atoms with Gasteiger partial charge in [0.15, 0.2) is 6.10 Å². The number of carbonyl (C=O) groups excluding carboxylic acids is 3. The first-order valence-corrected chi connectivity index (χ1v) is 14.6. The van der Waals surface area contributed by atoms with Crippen molar-refractivity contribution in [2.75, 3.05) is 31.6 Å². The molecule has 3 aliphatic heterocycles. The first-order valence-electron chi connectivity index (χ1n) is 14.6. The molecular weight excluding hydrogens is 602 g/mol. The van der Waals surface area contributed by atoms with Gasteiger partial charge in [-0.3, -0.25) is 10.1 Å². The van der Waals surface area contributed by atoms with Crippen LogP contribution < -0.4 is 10.1 Å². The van der Waals surface area contributed by atoms with Crippen molar-refractivity contribution in [3.8, 4) is 5.75 Å². The van der Waals surface area contributed by atoms with Crippen LogP contribution in [-0.4, -0.2) is 77.6 Å². The Labute approximate surface area is 257 Å². The lowest BCUT2D eigenvalue weighted by Crippen LogP contribution is -2.57. The quantitative estimate of drug-likeness (QED) is 0.413. The van der Waals surface area contributed by atoms with Gasteiger partial charge in [-0.05, 0) is 32.4 Å².